The quantitative estimate of drug-likeness (QED) is 0.682. The second kappa shape index (κ2) is 10.3. The molecule has 172 valence electrons. The summed E-state index contributed by atoms with van der Waals surface area (Å²) in [6.07, 6.45) is 3.46. The van der Waals surface area contributed by atoms with Gasteiger partial charge < -0.3 is 23.8 Å². The van der Waals surface area contributed by atoms with E-state index in [1.165, 1.54) is 13.2 Å². The molecular weight excluding hydrogens is 403 g/mol. The summed E-state index contributed by atoms with van der Waals surface area (Å²) in [5, 5.41) is 0. The zero-order valence-corrected chi connectivity index (χ0v) is 18.3. The summed E-state index contributed by atoms with van der Waals surface area (Å²) < 4.78 is 36.9. The predicted molar refractivity (Wildman–Crippen MR) is 113 cm³/mol. The van der Waals surface area contributed by atoms with Gasteiger partial charge in [0.1, 0.15) is 18.2 Å². The van der Waals surface area contributed by atoms with E-state index in [0.29, 0.717) is 50.8 Å². The molecule has 1 atom stereocenters. The van der Waals surface area contributed by atoms with E-state index in [2.05, 4.69) is 4.90 Å². The third-order valence-electron chi connectivity index (χ3n) is 6.68. The van der Waals surface area contributed by atoms with Gasteiger partial charge in [0, 0.05) is 57.4 Å². The Morgan fingerprint density at radius 1 is 1.19 bits per heavy atom. The average molecular weight is 437 g/mol. The lowest BCUT2D eigenvalue weighted by atomic mass is 9.83. The number of benzene rings is 1. The number of morpholine rings is 1. The molecule has 1 aromatic carbocycles. The Balaban J connectivity index is 1.24. The molecule has 0 aromatic heterocycles. The Kier molecular flexibility index (Phi) is 7.43. The molecule has 3 heterocycles. The Hall–Kier alpha value is -1.74. The first-order valence-corrected chi connectivity index (χ1v) is 11.2. The van der Waals surface area contributed by atoms with E-state index >= 15 is 0 Å². The number of carbonyl (C=O) groups excluding carboxylic acids is 1. The highest BCUT2D eigenvalue weighted by Crippen LogP contribution is 2.36. The molecule has 8 heteroatoms. The van der Waals surface area contributed by atoms with Gasteiger partial charge in [0.25, 0.3) is 0 Å². The van der Waals surface area contributed by atoms with Crippen LogP contribution in [0, 0.1) is 5.82 Å². The van der Waals surface area contributed by atoms with Crippen molar-refractivity contribution in [2.24, 2.45) is 0 Å². The molecule has 1 aromatic rings. The molecule has 0 N–H and O–H groups in total. The molecule has 3 fully saturated rings. The third-order valence-corrected chi connectivity index (χ3v) is 6.68. The number of methoxy groups -OCH3 is 1. The molecule has 3 aliphatic rings. The van der Waals surface area contributed by atoms with E-state index in [1.807, 2.05) is 4.90 Å². The number of rotatable bonds is 6. The van der Waals surface area contributed by atoms with Crippen LogP contribution in [-0.2, 0) is 25.5 Å². The lowest BCUT2D eigenvalue weighted by molar-refractivity contribution is -0.165. The van der Waals surface area contributed by atoms with Gasteiger partial charge in [-0.1, -0.05) is 6.07 Å². The molecule has 7 nitrogen and oxygen atoms in total. The number of halogens is 1. The zero-order chi connectivity index (χ0) is 21.7. The van der Waals surface area contributed by atoms with Gasteiger partial charge in [-0.05, 0) is 25.3 Å². The molecule has 1 amide bonds. The molecular formula is C23H33FN2O5. The van der Waals surface area contributed by atoms with Crippen molar-refractivity contribution in [3.8, 4) is 5.75 Å². The van der Waals surface area contributed by atoms with E-state index in [0.717, 1.165) is 38.8 Å². The lowest BCUT2D eigenvalue weighted by Crippen LogP contribution is -2.51. The smallest absolute Gasteiger partial charge is 0.248 e. The summed E-state index contributed by atoms with van der Waals surface area (Å²) in [5.74, 6) is 0.347. The van der Waals surface area contributed by atoms with Crippen LogP contribution in [0.2, 0.25) is 0 Å². The van der Waals surface area contributed by atoms with E-state index in [9.17, 15) is 9.18 Å². The molecule has 0 bridgehead atoms. The van der Waals surface area contributed by atoms with Crippen LogP contribution < -0.4 is 4.74 Å². The van der Waals surface area contributed by atoms with Crippen molar-refractivity contribution in [1.29, 1.82) is 0 Å². The van der Waals surface area contributed by atoms with Crippen molar-refractivity contribution in [3.05, 3.63) is 29.6 Å². The van der Waals surface area contributed by atoms with Crippen molar-refractivity contribution in [2.75, 3.05) is 59.7 Å². The van der Waals surface area contributed by atoms with Crippen molar-refractivity contribution >= 4 is 5.91 Å². The number of carbonyl (C=O) groups is 1. The van der Waals surface area contributed by atoms with Crippen LogP contribution in [0.5, 0.6) is 5.75 Å². The molecule has 31 heavy (non-hydrogen) atoms. The first-order valence-electron chi connectivity index (χ1n) is 11.2. The highest BCUT2D eigenvalue weighted by molar-refractivity contribution is 5.77. The first-order chi connectivity index (χ1) is 15.1. The Morgan fingerprint density at radius 3 is 2.68 bits per heavy atom. The second-order valence-corrected chi connectivity index (χ2v) is 8.68. The van der Waals surface area contributed by atoms with E-state index in [1.54, 1.807) is 12.1 Å². The van der Waals surface area contributed by atoms with Crippen LogP contribution in [0.4, 0.5) is 4.39 Å². The number of hydrogen-bond acceptors (Lipinski definition) is 6. The summed E-state index contributed by atoms with van der Waals surface area (Å²) in [5.41, 5.74) is 0.490. The summed E-state index contributed by atoms with van der Waals surface area (Å²) in [6, 6.07) is 5.03. The largest absolute Gasteiger partial charge is 0.497 e. The van der Waals surface area contributed by atoms with Crippen molar-refractivity contribution in [3.63, 3.8) is 0 Å². The topological polar surface area (TPSA) is 60.5 Å². The fourth-order valence-electron chi connectivity index (χ4n) is 4.71. The molecule has 1 spiro atoms. The second-order valence-electron chi connectivity index (χ2n) is 8.68. The number of piperidine rings is 1. The van der Waals surface area contributed by atoms with Crippen LogP contribution in [-0.4, -0.2) is 87.1 Å². The Labute approximate surface area is 183 Å². The van der Waals surface area contributed by atoms with Crippen LogP contribution >= 0.6 is 0 Å². The van der Waals surface area contributed by atoms with Gasteiger partial charge in [-0.15, -0.1) is 0 Å². The van der Waals surface area contributed by atoms with Crippen molar-refractivity contribution in [2.45, 2.75) is 43.9 Å². The molecule has 3 saturated heterocycles. The fraction of sp³-hybridized carbons (Fsp3) is 0.696. The summed E-state index contributed by atoms with van der Waals surface area (Å²) in [6.45, 7) is 5.56. The SMILES string of the molecule is COc1ccc(CN2CCC3(CC2)CC(OCC(=O)N2CCOCC2)CCO3)c(F)c1. The number of hydrogen-bond donors (Lipinski definition) is 0. The van der Waals surface area contributed by atoms with Gasteiger partial charge in [-0.3, -0.25) is 9.69 Å². The van der Waals surface area contributed by atoms with E-state index in [-0.39, 0.29) is 30.0 Å². The van der Waals surface area contributed by atoms with Crippen LogP contribution in [0.15, 0.2) is 18.2 Å². The van der Waals surface area contributed by atoms with Crippen molar-refractivity contribution in [1.82, 2.24) is 9.80 Å². The summed E-state index contributed by atoms with van der Waals surface area (Å²) in [7, 11) is 1.54. The van der Waals surface area contributed by atoms with Crippen LogP contribution in [0.1, 0.15) is 31.2 Å². The summed E-state index contributed by atoms with van der Waals surface area (Å²) in [4.78, 5) is 16.4. The Morgan fingerprint density at radius 2 is 1.97 bits per heavy atom. The van der Waals surface area contributed by atoms with Crippen molar-refractivity contribution < 1.29 is 28.1 Å². The van der Waals surface area contributed by atoms with Crippen LogP contribution in [0.3, 0.4) is 0 Å². The van der Waals surface area contributed by atoms with Gasteiger partial charge in [-0.25, -0.2) is 4.39 Å². The van der Waals surface area contributed by atoms with Gasteiger partial charge in [0.2, 0.25) is 5.91 Å². The highest BCUT2D eigenvalue weighted by atomic mass is 19.1. The molecule has 0 radical (unpaired) electrons. The minimum atomic E-state index is -0.230. The maximum absolute atomic E-state index is 14.3. The molecule has 3 aliphatic heterocycles. The predicted octanol–water partition coefficient (Wildman–Crippen LogP) is 2.22. The number of nitrogens with zero attached hydrogens (tertiary/aromatic N) is 2. The minimum absolute atomic E-state index is 0.0418. The Bertz CT molecular complexity index is 747. The van der Waals surface area contributed by atoms with E-state index in [4.69, 9.17) is 18.9 Å². The monoisotopic (exact) mass is 436 g/mol. The molecule has 1 unspecified atom stereocenters. The molecule has 0 aliphatic carbocycles. The normalized spacial score (nSPS) is 24.3. The third kappa shape index (κ3) is 5.74. The first kappa shape index (κ1) is 22.5. The molecule has 4 rings (SSSR count). The molecule has 0 saturated carbocycles. The van der Waals surface area contributed by atoms with Gasteiger partial charge in [-0.2, -0.15) is 0 Å². The number of amides is 1. The van der Waals surface area contributed by atoms with Gasteiger partial charge in [0.05, 0.1) is 32.0 Å². The average Bonchev–Trinajstić information content (AvgIpc) is 2.81. The zero-order valence-electron chi connectivity index (χ0n) is 18.3. The van der Waals surface area contributed by atoms with Gasteiger partial charge >= 0.3 is 0 Å². The number of ether oxygens (including phenoxy) is 4. The summed E-state index contributed by atoms with van der Waals surface area (Å²) >= 11 is 0. The van der Waals surface area contributed by atoms with E-state index < -0.39 is 0 Å². The number of likely N-dealkylation sites (tertiary alicyclic amines) is 1. The highest BCUT2D eigenvalue weighted by Gasteiger charge is 2.41. The maximum atomic E-state index is 14.3. The maximum Gasteiger partial charge on any atom is 0.248 e. The fourth-order valence-corrected chi connectivity index (χ4v) is 4.71. The van der Waals surface area contributed by atoms with Crippen LogP contribution in [0.25, 0.3) is 0 Å². The minimum Gasteiger partial charge on any atom is -0.497 e. The lowest BCUT2D eigenvalue weighted by Gasteiger charge is -2.46. The standard InChI is InChI=1S/C23H33FN2O5/c1-28-19-3-2-18(21(24)14-19)16-25-7-5-23(6-8-25)15-20(4-11-31-23)30-17-22(27)26-9-12-29-13-10-26/h2-3,14,20H,4-13,15-17H2,1H3. The van der Waals surface area contributed by atoms with Gasteiger partial charge in [0.15, 0.2) is 0 Å².